The molecule has 1 aromatic heterocycles. The zero-order valence-electron chi connectivity index (χ0n) is 15.9. The molecule has 0 radical (unpaired) electrons. The molecule has 3 aromatic carbocycles. The van der Waals surface area contributed by atoms with Gasteiger partial charge in [0.05, 0.1) is 0 Å². The SMILES string of the molecule is Cc1c(C(=O)Nc2ccc(C(=O)N(C)C)cc2)oc2c1ccc1ccccc12. The van der Waals surface area contributed by atoms with E-state index in [1.807, 2.05) is 43.3 Å². The van der Waals surface area contributed by atoms with Crippen molar-refractivity contribution in [3.8, 4) is 0 Å². The maximum atomic E-state index is 12.8. The second-order valence-electron chi connectivity index (χ2n) is 6.95. The Morgan fingerprint density at radius 2 is 1.61 bits per heavy atom. The summed E-state index contributed by atoms with van der Waals surface area (Å²) in [4.78, 5) is 26.3. The molecule has 4 rings (SSSR count). The average Bonchev–Trinajstić information content (AvgIpc) is 3.05. The van der Waals surface area contributed by atoms with Crippen LogP contribution in [0.2, 0.25) is 0 Å². The summed E-state index contributed by atoms with van der Waals surface area (Å²) in [5, 5.41) is 5.82. The van der Waals surface area contributed by atoms with E-state index in [4.69, 9.17) is 4.42 Å². The van der Waals surface area contributed by atoms with Gasteiger partial charge in [-0.2, -0.15) is 0 Å². The molecule has 0 aliphatic carbocycles. The van der Waals surface area contributed by atoms with Crippen molar-refractivity contribution in [2.75, 3.05) is 19.4 Å². The van der Waals surface area contributed by atoms with Crippen LogP contribution in [0, 0.1) is 6.92 Å². The topological polar surface area (TPSA) is 62.6 Å². The maximum absolute atomic E-state index is 12.8. The summed E-state index contributed by atoms with van der Waals surface area (Å²) in [6.45, 7) is 1.88. The Morgan fingerprint density at radius 1 is 0.893 bits per heavy atom. The number of carbonyl (C=O) groups excluding carboxylic acids is 2. The molecule has 5 heteroatoms. The molecule has 0 unspecified atom stereocenters. The molecule has 0 atom stereocenters. The molecule has 140 valence electrons. The number of benzene rings is 3. The van der Waals surface area contributed by atoms with E-state index in [2.05, 4.69) is 5.32 Å². The monoisotopic (exact) mass is 372 g/mol. The van der Waals surface area contributed by atoms with Crippen molar-refractivity contribution < 1.29 is 14.0 Å². The van der Waals surface area contributed by atoms with Crippen LogP contribution in [0.25, 0.3) is 21.7 Å². The van der Waals surface area contributed by atoms with E-state index >= 15 is 0 Å². The average molecular weight is 372 g/mol. The van der Waals surface area contributed by atoms with Crippen molar-refractivity contribution in [2.45, 2.75) is 6.92 Å². The minimum Gasteiger partial charge on any atom is -0.450 e. The third-order valence-corrected chi connectivity index (χ3v) is 4.83. The third kappa shape index (κ3) is 3.01. The summed E-state index contributed by atoms with van der Waals surface area (Å²) in [6, 6.07) is 18.7. The minimum atomic E-state index is -0.315. The Bertz CT molecular complexity index is 1200. The van der Waals surface area contributed by atoms with Crippen molar-refractivity contribution in [1.29, 1.82) is 0 Å². The molecule has 0 saturated carbocycles. The van der Waals surface area contributed by atoms with Crippen molar-refractivity contribution in [3.05, 3.63) is 77.6 Å². The van der Waals surface area contributed by atoms with Gasteiger partial charge >= 0.3 is 0 Å². The molecule has 28 heavy (non-hydrogen) atoms. The van der Waals surface area contributed by atoms with Gasteiger partial charge in [0.1, 0.15) is 5.58 Å². The van der Waals surface area contributed by atoms with E-state index in [9.17, 15) is 9.59 Å². The Morgan fingerprint density at radius 3 is 2.32 bits per heavy atom. The Balaban J connectivity index is 1.65. The standard InChI is InChI=1S/C23H20N2O3/c1-14-18-13-10-15-6-4-5-7-19(15)21(18)28-20(14)22(26)24-17-11-8-16(9-12-17)23(27)25(2)3/h4-13H,1-3H3,(H,24,26). The summed E-state index contributed by atoms with van der Waals surface area (Å²) in [7, 11) is 3.40. The summed E-state index contributed by atoms with van der Waals surface area (Å²) >= 11 is 0. The van der Waals surface area contributed by atoms with E-state index < -0.39 is 0 Å². The molecule has 1 N–H and O–H groups in total. The van der Waals surface area contributed by atoms with Gasteiger partial charge in [-0.1, -0.05) is 36.4 Å². The molecular weight excluding hydrogens is 352 g/mol. The fourth-order valence-electron chi connectivity index (χ4n) is 3.31. The van der Waals surface area contributed by atoms with Gasteiger partial charge in [-0.3, -0.25) is 9.59 Å². The highest BCUT2D eigenvalue weighted by molar-refractivity contribution is 6.11. The number of nitrogens with one attached hydrogen (secondary N) is 1. The van der Waals surface area contributed by atoms with Crippen LogP contribution in [0.1, 0.15) is 26.5 Å². The summed E-state index contributed by atoms with van der Waals surface area (Å²) in [5.41, 5.74) is 2.68. The summed E-state index contributed by atoms with van der Waals surface area (Å²) in [5.74, 6) is -0.109. The molecule has 0 saturated heterocycles. The first-order valence-electron chi connectivity index (χ1n) is 8.99. The summed E-state index contributed by atoms with van der Waals surface area (Å²) < 4.78 is 5.97. The molecule has 0 aliphatic rings. The van der Waals surface area contributed by atoms with Gasteiger partial charge in [-0.25, -0.2) is 0 Å². The van der Waals surface area contributed by atoms with Crippen LogP contribution >= 0.6 is 0 Å². The summed E-state index contributed by atoms with van der Waals surface area (Å²) in [6.07, 6.45) is 0. The van der Waals surface area contributed by atoms with Gasteiger partial charge in [0, 0.05) is 41.7 Å². The number of carbonyl (C=O) groups is 2. The van der Waals surface area contributed by atoms with Gasteiger partial charge in [0.25, 0.3) is 11.8 Å². The van der Waals surface area contributed by atoms with Gasteiger partial charge in [-0.05, 0) is 36.6 Å². The van der Waals surface area contributed by atoms with Crippen LogP contribution in [-0.4, -0.2) is 30.8 Å². The fourth-order valence-corrected chi connectivity index (χ4v) is 3.31. The fraction of sp³-hybridized carbons (Fsp3) is 0.130. The zero-order valence-corrected chi connectivity index (χ0v) is 15.9. The Labute approximate surface area is 162 Å². The molecule has 5 nitrogen and oxygen atoms in total. The Hall–Kier alpha value is -3.60. The molecule has 4 aromatic rings. The lowest BCUT2D eigenvalue weighted by molar-refractivity contribution is 0.0827. The number of furan rings is 1. The number of fused-ring (bicyclic) bond motifs is 3. The number of hydrogen-bond donors (Lipinski definition) is 1. The lowest BCUT2D eigenvalue weighted by Gasteiger charge is -2.10. The minimum absolute atomic E-state index is 0.0853. The number of rotatable bonds is 3. The highest BCUT2D eigenvalue weighted by Crippen LogP contribution is 2.32. The first kappa shape index (κ1) is 17.8. The molecule has 0 fully saturated rings. The zero-order chi connectivity index (χ0) is 19.8. The van der Waals surface area contributed by atoms with E-state index in [1.54, 1.807) is 38.4 Å². The van der Waals surface area contributed by atoms with Gasteiger partial charge in [0.2, 0.25) is 0 Å². The molecule has 2 amide bonds. The van der Waals surface area contributed by atoms with E-state index in [0.29, 0.717) is 22.6 Å². The number of aryl methyl sites for hydroxylation is 1. The predicted octanol–water partition coefficient (Wildman–Crippen LogP) is 4.85. The molecule has 0 bridgehead atoms. The lowest BCUT2D eigenvalue weighted by atomic mass is 10.1. The first-order valence-corrected chi connectivity index (χ1v) is 8.99. The van der Waals surface area contributed by atoms with Gasteiger partial charge in [-0.15, -0.1) is 0 Å². The largest absolute Gasteiger partial charge is 0.450 e. The maximum Gasteiger partial charge on any atom is 0.291 e. The second-order valence-corrected chi connectivity index (χ2v) is 6.95. The highest BCUT2D eigenvalue weighted by atomic mass is 16.3. The molecule has 1 heterocycles. The lowest BCUT2D eigenvalue weighted by Crippen LogP contribution is -2.21. The van der Waals surface area contributed by atoms with Crippen molar-refractivity contribution in [3.63, 3.8) is 0 Å². The van der Waals surface area contributed by atoms with Crippen molar-refractivity contribution in [2.24, 2.45) is 0 Å². The van der Waals surface area contributed by atoms with Crippen LogP contribution in [-0.2, 0) is 0 Å². The van der Waals surface area contributed by atoms with Gasteiger partial charge in [0.15, 0.2) is 5.76 Å². The van der Waals surface area contributed by atoms with Crippen LogP contribution in [0.5, 0.6) is 0 Å². The first-order chi connectivity index (χ1) is 13.5. The third-order valence-electron chi connectivity index (χ3n) is 4.83. The van der Waals surface area contributed by atoms with Crippen LogP contribution in [0.15, 0.2) is 65.1 Å². The number of hydrogen-bond acceptors (Lipinski definition) is 3. The quantitative estimate of drug-likeness (QED) is 0.559. The molecular formula is C23H20N2O3. The number of anilines is 1. The number of nitrogens with zero attached hydrogens (tertiary/aromatic N) is 1. The number of amides is 2. The second kappa shape index (κ2) is 6.85. The van der Waals surface area contributed by atoms with Gasteiger partial charge < -0.3 is 14.6 Å². The van der Waals surface area contributed by atoms with Crippen LogP contribution < -0.4 is 5.32 Å². The smallest absolute Gasteiger partial charge is 0.291 e. The van der Waals surface area contributed by atoms with E-state index in [-0.39, 0.29) is 11.8 Å². The van der Waals surface area contributed by atoms with Crippen molar-refractivity contribution >= 4 is 39.2 Å². The Kier molecular flexibility index (Phi) is 4.35. The normalized spacial score (nSPS) is 11.0. The van der Waals surface area contributed by atoms with E-state index in [1.165, 1.54) is 4.90 Å². The molecule has 0 spiro atoms. The van der Waals surface area contributed by atoms with Crippen LogP contribution in [0.3, 0.4) is 0 Å². The molecule has 0 aliphatic heterocycles. The predicted molar refractivity (Wildman–Crippen MR) is 111 cm³/mol. The van der Waals surface area contributed by atoms with Crippen molar-refractivity contribution in [1.82, 2.24) is 4.90 Å². The van der Waals surface area contributed by atoms with Crippen LogP contribution in [0.4, 0.5) is 5.69 Å². The highest BCUT2D eigenvalue weighted by Gasteiger charge is 2.19. The van der Waals surface area contributed by atoms with E-state index in [0.717, 1.165) is 21.7 Å².